The predicted octanol–water partition coefficient (Wildman–Crippen LogP) is 3.59. The molecule has 1 aliphatic heterocycles. The number of halogens is 1. The molecule has 1 aromatic rings. The van der Waals surface area contributed by atoms with Crippen molar-refractivity contribution in [1.29, 1.82) is 0 Å². The summed E-state index contributed by atoms with van der Waals surface area (Å²) in [6.45, 7) is 5.05. The largest absolute Gasteiger partial charge is 0.481 e. The third-order valence-corrected chi connectivity index (χ3v) is 4.47. The molecule has 1 aromatic carbocycles. The van der Waals surface area contributed by atoms with Gasteiger partial charge in [-0.3, -0.25) is 9.69 Å². The van der Waals surface area contributed by atoms with Crippen LogP contribution < -0.4 is 0 Å². The van der Waals surface area contributed by atoms with Crippen LogP contribution in [-0.2, 0) is 4.79 Å². The number of nitrogens with zero attached hydrogens (tertiary/aromatic N) is 1. The highest BCUT2D eigenvalue weighted by atomic mass is 35.5. The van der Waals surface area contributed by atoms with Crippen LogP contribution in [0.1, 0.15) is 38.3 Å². The lowest BCUT2D eigenvalue weighted by Gasteiger charge is -2.40. The number of rotatable bonds is 3. The number of piperidine rings is 1. The van der Waals surface area contributed by atoms with Gasteiger partial charge in [-0.1, -0.05) is 29.8 Å². The summed E-state index contributed by atoms with van der Waals surface area (Å²) in [6, 6.07) is 8.36. The molecule has 3 atom stereocenters. The van der Waals surface area contributed by atoms with Gasteiger partial charge in [0, 0.05) is 17.1 Å². The maximum Gasteiger partial charge on any atom is 0.306 e. The molecule has 0 radical (unpaired) electrons. The maximum atomic E-state index is 11.1. The second-order valence-corrected chi connectivity index (χ2v) is 5.75. The zero-order valence-corrected chi connectivity index (χ0v) is 12.1. The van der Waals surface area contributed by atoms with Crippen molar-refractivity contribution < 1.29 is 9.90 Å². The first kappa shape index (κ1) is 14.4. The van der Waals surface area contributed by atoms with Crippen molar-refractivity contribution >= 4 is 17.6 Å². The van der Waals surface area contributed by atoms with Crippen LogP contribution in [0.2, 0.25) is 5.02 Å². The third kappa shape index (κ3) is 3.10. The summed E-state index contributed by atoms with van der Waals surface area (Å²) < 4.78 is 0. The van der Waals surface area contributed by atoms with Crippen molar-refractivity contribution in [2.45, 2.75) is 38.8 Å². The Kier molecular flexibility index (Phi) is 4.48. The zero-order valence-electron chi connectivity index (χ0n) is 11.3. The maximum absolute atomic E-state index is 11.1. The van der Waals surface area contributed by atoms with Gasteiger partial charge in [0.2, 0.25) is 0 Å². The van der Waals surface area contributed by atoms with Crippen molar-refractivity contribution in [3.8, 4) is 0 Å². The van der Waals surface area contributed by atoms with Gasteiger partial charge >= 0.3 is 5.97 Å². The molecular formula is C15H20ClNO2. The quantitative estimate of drug-likeness (QED) is 0.920. The molecule has 0 amide bonds. The van der Waals surface area contributed by atoms with E-state index in [1.54, 1.807) is 0 Å². The molecule has 0 spiro atoms. The highest BCUT2D eigenvalue weighted by Crippen LogP contribution is 2.33. The minimum atomic E-state index is -0.670. The van der Waals surface area contributed by atoms with Crippen molar-refractivity contribution in [3.05, 3.63) is 34.9 Å². The van der Waals surface area contributed by atoms with Gasteiger partial charge in [0.05, 0.1) is 5.92 Å². The van der Waals surface area contributed by atoms with Crippen LogP contribution in [0.3, 0.4) is 0 Å². The van der Waals surface area contributed by atoms with Gasteiger partial charge < -0.3 is 5.11 Å². The van der Waals surface area contributed by atoms with E-state index in [0.29, 0.717) is 12.8 Å². The van der Waals surface area contributed by atoms with Crippen LogP contribution in [0.15, 0.2) is 24.3 Å². The predicted molar refractivity (Wildman–Crippen MR) is 76.4 cm³/mol. The van der Waals surface area contributed by atoms with E-state index in [1.807, 2.05) is 24.3 Å². The number of carboxylic acid groups (broad SMARTS) is 1. The third-order valence-electron chi connectivity index (χ3n) is 4.13. The second-order valence-electron chi connectivity index (χ2n) is 5.34. The smallest absolute Gasteiger partial charge is 0.306 e. The Bertz CT molecular complexity index is 463. The number of hydrogen-bond acceptors (Lipinski definition) is 2. The lowest BCUT2D eigenvalue weighted by molar-refractivity contribution is -0.144. The van der Waals surface area contributed by atoms with Crippen LogP contribution in [-0.4, -0.2) is 28.6 Å². The van der Waals surface area contributed by atoms with Gasteiger partial charge in [-0.2, -0.15) is 0 Å². The monoisotopic (exact) mass is 281 g/mol. The molecule has 0 bridgehead atoms. The number of carbonyl (C=O) groups is 1. The number of carboxylic acids is 1. The van der Waals surface area contributed by atoms with Gasteiger partial charge in [0.25, 0.3) is 0 Å². The van der Waals surface area contributed by atoms with Gasteiger partial charge in [0.15, 0.2) is 0 Å². The van der Waals surface area contributed by atoms with E-state index < -0.39 is 5.97 Å². The van der Waals surface area contributed by atoms with E-state index in [1.165, 1.54) is 0 Å². The Balaban J connectivity index is 2.11. The van der Waals surface area contributed by atoms with E-state index >= 15 is 0 Å². The number of likely N-dealkylation sites (tertiary alicyclic amines) is 1. The fourth-order valence-corrected chi connectivity index (χ4v) is 3.28. The van der Waals surface area contributed by atoms with Crippen LogP contribution >= 0.6 is 11.6 Å². The fourth-order valence-electron chi connectivity index (χ4n) is 2.98. The Hall–Kier alpha value is -1.06. The van der Waals surface area contributed by atoms with Crippen LogP contribution in [0.4, 0.5) is 0 Å². The Morgan fingerprint density at radius 1 is 1.47 bits per heavy atom. The van der Waals surface area contributed by atoms with Gasteiger partial charge in [-0.25, -0.2) is 0 Å². The standard InChI is InChI=1S/C15H20ClNO2/c1-10-9-12(15(18)19)7-8-17(10)11(2)13-5-3-4-6-14(13)16/h3-6,10-12H,7-9H2,1-2H3,(H,18,19). The SMILES string of the molecule is CC1CC(C(=O)O)CCN1C(C)c1ccccc1Cl. The van der Waals surface area contributed by atoms with E-state index in [-0.39, 0.29) is 18.0 Å². The van der Waals surface area contributed by atoms with Crippen molar-refractivity contribution in [2.75, 3.05) is 6.54 Å². The molecule has 1 saturated heterocycles. The van der Waals surface area contributed by atoms with Crippen LogP contribution in [0.5, 0.6) is 0 Å². The van der Waals surface area contributed by atoms with Gasteiger partial charge in [-0.05, 0) is 44.9 Å². The molecule has 4 heteroatoms. The van der Waals surface area contributed by atoms with E-state index in [2.05, 4.69) is 18.7 Å². The van der Waals surface area contributed by atoms with Crippen molar-refractivity contribution in [1.82, 2.24) is 4.90 Å². The molecule has 1 N–H and O–H groups in total. The second kappa shape index (κ2) is 5.93. The fraction of sp³-hybridized carbons (Fsp3) is 0.533. The van der Waals surface area contributed by atoms with E-state index in [0.717, 1.165) is 17.1 Å². The zero-order chi connectivity index (χ0) is 14.0. The number of hydrogen-bond donors (Lipinski definition) is 1. The summed E-state index contributed by atoms with van der Waals surface area (Å²) >= 11 is 6.24. The van der Waals surface area contributed by atoms with Crippen molar-refractivity contribution in [3.63, 3.8) is 0 Å². The first-order chi connectivity index (χ1) is 9.00. The highest BCUT2D eigenvalue weighted by Gasteiger charge is 2.32. The first-order valence-electron chi connectivity index (χ1n) is 6.73. The Morgan fingerprint density at radius 3 is 2.74 bits per heavy atom. The average molecular weight is 282 g/mol. The average Bonchev–Trinajstić information content (AvgIpc) is 2.38. The first-order valence-corrected chi connectivity index (χ1v) is 7.11. The Labute approximate surface area is 119 Å². The molecule has 1 heterocycles. The number of aliphatic carboxylic acids is 1. The molecule has 1 fully saturated rings. The topological polar surface area (TPSA) is 40.5 Å². The molecule has 3 nitrogen and oxygen atoms in total. The molecule has 0 saturated carbocycles. The minimum Gasteiger partial charge on any atom is -0.481 e. The highest BCUT2D eigenvalue weighted by molar-refractivity contribution is 6.31. The van der Waals surface area contributed by atoms with E-state index in [4.69, 9.17) is 16.7 Å². The molecule has 3 unspecified atom stereocenters. The van der Waals surface area contributed by atoms with E-state index in [9.17, 15) is 4.79 Å². The van der Waals surface area contributed by atoms with Gasteiger partial charge in [0.1, 0.15) is 0 Å². The minimum absolute atomic E-state index is 0.204. The van der Waals surface area contributed by atoms with Gasteiger partial charge in [-0.15, -0.1) is 0 Å². The molecule has 104 valence electrons. The lowest BCUT2D eigenvalue weighted by atomic mass is 9.89. The molecule has 0 aromatic heterocycles. The summed E-state index contributed by atoms with van der Waals surface area (Å²) in [6.07, 6.45) is 1.43. The molecule has 0 aliphatic carbocycles. The van der Waals surface area contributed by atoms with Crippen molar-refractivity contribution in [2.24, 2.45) is 5.92 Å². The Morgan fingerprint density at radius 2 is 2.16 bits per heavy atom. The summed E-state index contributed by atoms with van der Waals surface area (Å²) in [7, 11) is 0. The molecule has 19 heavy (non-hydrogen) atoms. The number of benzene rings is 1. The summed E-state index contributed by atoms with van der Waals surface area (Å²) in [5.41, 5.74) is 1.12. The summed E-state index contributed by atoms with van der Waals surface area (Å²) in [4.78, 5) is 13.4. The summed E-state index contributed by atoms with van der Waals surface area (Å²) in [5, 5.41) is 9.88. The molecule has 1 aliphatic rings. The normalized spacial score (nSPS) is 26.1. The van der Waals surface area contributed by atoms with Crippen LogP contribution in [0, 0.1) is 5.92 Å². The summed E-state index contributed by atoms with van der Waals surface area (Å²) in [5.74, 6) is -0.874. The molecular weight excluding hydrogens is 262 g/mol. The molecule has 2 rings (SSSR count). The lowest BCUT2D eigenvalue weighted by Crippen LogP contribution is -2.43. The van der Waals surface area contributed by atoms with Crippen LogP contribution in [0.25, 0.3) is 0 Å².